The fraction of sp³-hybridized carbons (Fsp3) is 0.750. The summed E-state index contributed by atoms with van der Waals surface area (Å²) < 4.78 is 0. The Morgan fingerprint density at radius 1 is 1.54 bits per heavy atom. The molecule has 1 saturated heterocycles. The van der Waals surface area contributed by atoms with Crippen molar-refractivity contribution in [1.29, 1.82) is 0 Å². The number of carbonyl (C=O) groups is 2. The molecule has 0 radical (unpaired) electrons. The molecule has 0 spiro atoms. The second kappa shape index (κ2) is 4.23. The summed E-state index contributed by atoms with van der Waals surface area (Å²) in [6.45, 7) is 2.91. The van der Waals surface area contributed by atoms with Gasteiger partial charge in [-0.1, -0.05) is 6.92 Å². The molecule has 0 saturated carbocycles. The highest BCUT2D eigenvalue weighted by Crippen LogP contribution is 2.14. The minimum Gasteiger partial charge on any atom is -0.351 e. The van der Waals surface area contributed by atoms with E-state index in [1.54, 1.807) is 0 Å². The average molecular weight is 185 g/mol. The van der Waals surface area contributed by atoms with Gasteiger partial charge in [0.25, 0.3) is 0 Å². The summed E-state index contributed by atoms with van der Waals surface area (Å²) in [6.07, 6.45) is 1.83. The van der Waals surface area contributed by atoms with E-state index in [2.05, 4.69) is 17.6 Å². The van der Waals surface area contributed by atoms with E-state index in [-0.39, 0.29) is 11.9 Å². The predicted octanol–water partition coefficient (Wildman–Crippen LogP) is -0.431. The standard InChI is InChI=1S/C8H15N3O2/c1-5-2-3-10-6(4-5)7(12)11-8(9)13/h5-6,10H,2-4H2,1H3,(H3,9,11,12,13). The molecule has 1 aliphatic rings. The van der Waals surface area contributed by atoms with Crippen LogP contribution in [0, 0.1) is 5.92 Å². The molecule has 0 bridgehead atoms. The lowest BCUT2D eigenvalue weighted by Crippen LogP contribution is -2.51. The molecule has 0 aromatic rings. The van der Waals surface area contributed by atoms with Crippen LogP contribution in [0.3, 0.4) is 0 Å². The lowest BCUT2D eigenvalue weighted by Gasteiger charge is -2.26. The Kier molecular flexibility index (Phi) is 3.25. The second-order valence-corrected chi connectivity index (χ2v) is 3.49. The minimum absolute atomic E-state index is 0.267. The Morgan fingerprint density at radius 2 is 2.23 bits per heavy atom. The lowest BCUT2D eigenvalue weighted by atomic mass is 9.94. The van der Waals surface area contributed by atoms with Crippen LogP contribution in [0.4, 0.5) is 4.79 Å². The summed E-state index contributed by atoms with van der Waals surface area (Å²) in [6, 6.07) is -1.05. The quantitative estimate of drug-likeness (QED) is 0.518. The Balaban J connectivity index is 2.41. The van der Waals surface area contributed by atoms with Gasteiger partial charge in [-0.25, -0.2) is 4.79 Å². The van der Waals surface area contributed by atoms with E-state index < -0.39 is 6.03 Å². The largest absolute Gasteiger partial charge is 0.351 e. The maximum atomic E-state index is 11.3. The summed E-state index contributed by atoms with van der Waals surface area (Å²) in [5, 5.41) is 5.11. The molecule has 0 aromatic carbocycles. The number of imide groups is 1. The van der Waals surface area contributed by atoms with Crippen LogP contribution >= 0.6 is 0 Å². The fourth-order valence-corrected chi connectivity index (χ4v) is 1.52. The van der Waals surface area contributed by atoms with Crippen molar-refractivity contribution in [3.05, 3.63) is 0 Å². The zero-order chi connectivity index (χ0) is 9.84. The van der Waals surface area contributed by atoms with Crippen molar-refractivity contribution in [3.63, 3.8) is 0 Å². The fourth-order valence-electron chi connectivity index (χ4n) is 1.52. The van der Waals surface area contributed by atoms with Gasteiger partial charge in [0.05, 0.1) is 6.04 Å². The smallest absolute Gasteiger partial charge is 0.318 e. The number of carbonyl (C=O) groups excluding carboxylic acids is 2. The highest BCUT2D eigenvalue weighted by molar-refractivity contribution is 5.96. The monoisotopic (exact) mass is 185 g/mol. The zero-order valence-electron chi connectivity index (χ0n) is 7.67. The number of rotatable bonds is 1. The van der Waals surface area contributed by atoms with Crippen molar-refractivity contribution in [2.45, 2.75) is 25.8 Å². The number of amides is 3. The Hall–Kier alpha value is -1.10. The number of hydrogen-bond acceptors (Lipinski definition) is 3. The maximum Gasteiger partial charge on any atom is 0.318 e. The van der Waals surface area contributed by atoms with Gasteiger partial charge in [0.15, 0.2) is 0 Å². The predicted molar refractivity (Wildman–Crippen MR) is 47.9 cm³/mol. The van der Waals surface area contributed by atoms with Crippen LogP contribution in [-0.2, 0) is 4.79 Å². The first-order chi connectivity index (χ1) is 6.09. The van der Waals surface area contributed by atoms with Crippen molar-refractivity contribution in [2.24, 2.45) is 11.7 Å². The Labute approximate surface area is 77.1 Å². The number of primary amides is 1. The van der Waals surface area contributed by atoms with Crippen LogP contribution in [0.2, 0.25) is 0 Å². The lowest BCUT2D eigenvalue weighted by molar-refractivity contribution is -0.122. The number of urea groups is 1. The van der Waals surface area contributed by atoms with Gasteiger partial charge in [-0.15, -0.1) is 0 Å². The van der Waals surface area contributed by atoms with Crippen LogP contribution in [0.15, 0.2) is 0 Å². The Morgan fingerprint density at radius 3 is 2.77 bits per heavy atom. The third kappa shape index (κ3) is 3.02. The number of nitrogens with two attached hydrogens (primary N) is 1. The second-order valence-electron chi connectivity index (χ2n) is 3.49. The normalized spacial score (nSPS) is 28.1. The molecule has 1 heterocycles. The summed E-state index contributed by atoms with van der Waals surface area (Å²) >= 11 is 0. The molecule has 5 heteroatoms. The molecular formula is C8H15N3O2. The molecule has 0 aromatic heterocycles. The van der Waals surface area contributed by atoms with Gasteiger partial charge in [0.2, 0.25) is 5.91 Å². The topological polar surface area (TPSA) is 84.2 Å². The molecule has 13 heavy (non-hydrogen) atoms. The molecule has 74 valence electrons. The average Bonchev–Trinajstić information content (AvgIpc) is 2.03. The van der Waals surface area contributed by atoms with Gasteiger partial charge in [0, 0.05) is 0 Å². The van der Waals surface area contributed by atoms with E-state index in [0.717, 1.165) is 19.4 Å². The third-order valence-corrected chi connectivity index (χ3v) is 2.23. The summed E-state index contributed by atoms with van der Waals surface area (Å²) in [5.74, 6) is 0.198. The molecule has 1 rings (SSSR count). The Bertz CT molecular complexity index is 217. The molecule has 2 unspecified atom stereocenters. The molecular weight excluding hydrogens is 170 g/mol. The van der Waals surface area contributed by atoms with Crippen molar-refractivity contribution >= 4 is 11.9 Å². The highest BCUT2D eigenvalue weighted by atomic mass is 16.2. The molecule has 2 atom stereocenters. The van der Waals surface area contributed by atoms with Crippen molar-refractivity contribution in [1.82, 2.24) is 10.6 Å². The van der Waals surface area contributed by atoms with Crippen molar-refractivity contribution in [2.75, 3.05) is 6.54 Å². The van der Waals surface area contributed by atoms with Gasteiger partial charge < -0.3 is 11.1 Å². The van der Waals surface area contributed by atoms with Crippen molar-refractivity contribution in [3.8, 4) is 0 Å². The minimum atomic E-state index is -0.787. The van der Waals surface area contributed by atoms with Crippen LogP contribution in [-0.4, -0.2) is 24.5 Å². The molecule has 5 nitrogen and oxygen atoms in total. The van der Waals surface area contributed by atoms with E-state index in [0.29, 0.717) is 5.92 Å². The number of hydrogen-bond donors (Lipinski definition) is 3. The van der Waals surface area contributed by atoms with E-state index in [1.807, 2.05) is 0 Å². The van der Waals surface area contributed by atoms with Gasteiger partial charge in [0.1, 0.15) is 0 Å². The third-order valence-electron chi connectivity index (χ3n) is 2.23. The maximum absolute atomic E-state index is 11.3. The summed E-state index contributed by atoms with van der Waals surface area (Å²) in [7, 11) is 0. The van der Waals surface area contributed by atoms with E-state index in [9.17, 15) is 9.59 Å². The van der Waals surface area contributed by atoms with Gasteiger partial charge in [-0.3, -0.25) is 10.1 Å². The van der Waals surface area contributed by atoms with Gasteiger partial charge >= 0.3 is 6.03 Å². The van der Waals surface area contributed by atoms with Crippen molar-refractivity contribution < 1.29 is 9.59 Å². The highest BCUT2D eigenvalue weighted by Gasteiger charge is 2.24. The first-order valence-corrected chi connectivity index (χ1v) is 4.43. The van der Waals surface area contributed by atoms with Crippen LogP contribution in [0.5, 0.6) is 0 Å². The first-order valence-electron chi connectivity index (χ1n) is 4.43. The first kappa shape index (κ1) is 9.98. The summed E-state index contributed by atoms with van der Waals surface area (Å²) in [5.41, 5.74) is 4.84. The molecule has 3 amide bonds. The van der Waals surface area contributed by atoms with Crippen LogP contribution < -0.4 is 16.4 Å². The number of nitrogens with one attached hydrogen (secondary N) is 2. The van der Waals surface area contributed by atoms with Gasteiger partial charge in [-0.2, -0.15) is 0 Å². The molecule has 1 aliphatic heterocycles. The number of piperidine rings is 1. The van der Waals surface area contributed by atoms with E-state index in [1.165, 1.54) is 0 Å². The van der Waals surface area contributed by atoms with Crippen LogP contribution in [0.25, 0.3) is 0 Å². The van der Waals surface area contributed by atoms with E-state index >= 15 is 0 Å². The zero-order valence-corrected chi connectivity index (χ0v) is 7.67. The van der Waals surface area contributed by atoms with Crippen LogP contribution in [0.1, 0.15) is 19.8 Å². The molecule has 0 aliphatic carbocycles. The van der Waals surface area contributed by atoms with E-state index in [4.69, 9.17) is 5.73 Å². The molecule has 1 fully saturated rings. The van der Waals surface area contributed by atoms with Gasteiger partial charge in [-0.05, 0) is 25.3 Å². The SMILES string of the molecule is CC1CCNC(C(=O)NC(N)=O)C1. The summed E-state index contributed by atoms with van der Waals surface area (Å²) in [4.78, 5) is 21.7. The molecule has 4 N–H and O–H groups in total.